The predicted molar refractivity (Wildman–Crippen MR) is 126 cm³/mol. The number of hydrogen-bond donors (Lipinski definition) is 0. The fraction of sp³-hybridized carbons (Fsp3) is 0.240. The van der Waals surface area contributed by atoms with E-state index >= 15 is 0 Å². The van der Waals surface area contributed by atoms with Crippen LogP contribution in [0.4, 0.5) is 5.69 Å². The Balaban J connectivity index is 1.91. The van der Waals surface area contributed by atoms with E-state index in [1.165, 1.54) is 12.3 Å². The van der Waals surface area contributed by atoms with Crippen LogP contribution in [0.2, 0.25) is 0 Å². The molecule has 0 bridgehead atoms. The summed E-state index contributed by atoms with van der Waals surface area (Å²) in [6, 6.07) is 9.48. The summed E-state index contributed by atoms with van der Waals surface area (Å²) in [6.45, 7) is 3.77. The van der Waals surface area contributed by atoms with Crippen molar-refractivity contribution < 1.29 is 13.9 Å². The van der Waals surface area contributed by atoms with Gasteiger partial charge in [-0.2, -0.15) is 0 Å². The number of carbonyl (C=O) groups excluding carboxylic acids is 1. The van der Waals surface area contributed by atoms with Crippen LogP contribution in [0.25, 0.3) is 6.08 Å². The van der Waals surface area contributed by atoms with Gasteiger partial charge in [0, 0.05) is 38.6 Å². The Labute approximate surface area is 182 Å². The zero-order valence-corrected chi connectivity index (χ0v) is 18.4. The van der Waals surface area contributed by atoms with Crippen LogP contribution in [-0.2, 0) is 4.79 Å². The van der Waals surface area contributed by atoms with Crippen molar-refractivity contribution in [3.05, 3.63) is 88.0 Å². The van der Waals surface area contributed by atoms with E-state index < -0.39 is 5.97 Å². The van der Waals surface area contributed by atoms with E-state index in [4.69, 9.17) is 9.15 Å². The molecule has 0 amide bonds. The van der Waals surface area contributed by atoms with Crippen molar-refractivity contribution in [3.8, 4) is 5.75 Å². The van der Waals surface area contributed by atoms with Crippen LogP contribution in [0.15, 0.2) is 80.7 Å². The lowest BCUT2D eigenvalue weighted by Gasteiger charge is -2.11. The molecule has 0 aliphatic heterocycles. The molecule has 0 spiro atoms. The standard InChI is InChI=1S/C25H28N2O4/c1-5-6-20(7-8-21-9-11-22(12-10-21)27(3)4)13-16-26-17-14-24(29)31-25-19(2)30-18-15-23(25)28/h5-13,15-16,18H,14,17H2,1-4H3/b6-5-,8-7+,20-13+,26-16?. The van der Waals surface area contributed by atoms with Gasteiger partial charge in [-0.25, -0.2) is 0 Å². The predicted octanol–water partition coefficient (Wildman–Crippen LogP) is 4.60. The fourth-order valence-corrected chi connectivity index (χ4v) is 2.59. The van der Waals surface area contributed by atoms with Crippen molar-refractivity contribution in [1.82, 2.24) is 0 Å². The molecule has 0 radical (unpaired) electrons. The summed E-state index contributed by atoms with van der Waals surface area (Å²) < 4.78 is 10.2. The molecule has 2 rings (SSSR count). The highest BCUT2D eigenvalue weighted by molar-refractivity contribution is 5.76. The van der Waals surface area contributed by atoms with E-state index in [9.17, 15) is 9.59 Å². The molecule has 0 unspecified atom stereocenters. The summed E-state index contributed by atoms with van der Waals surface area (Å²) in [5, 5.41) is 0. The summed E-state index contributed by atoms with van der Waals surface area (Å²) in [4.78, 5) is 29.9. The average Bonchev–Trinajstić information content (AvgIpc) is 2.74. The number of rotatable bonds is 9. The van der Waals surface area contributed by atoms with Crippen molar-refractivity contribution in [2.24, 2.45) is 4.99 Å². The first-order chi connectivity index (χ1) is 14.9. The van der Waals surface area contributed by atoms with Crippen LogP contribution in [0.5, 0.6) is 5.75 Å². The van der Waals surface area contributed by atoms with Crippen molar-refractivity contribution in [1.29, 1.82) is 0 Å². The minimum absolute atomic E-state index is 0.0606. The highest BCUT2D eigenvalue weighted by Gasteiger charge is 2.11. The van der Waals surface area contributed by atoms with Crippen molar-refractivity contribution in [2.75, 3.05) is 25.5 Å². The van der Waals surface area contributed by atoms with Crippen molar-refractivity contribution in [3.63, 3.8) is 0 Å². The van der Waals surface area contributed by atoms with Gasteiger partial charge in [0.15, 0.2) is 0 Å². The van der Waals surface area contributed by atoms with Gasteiger partial charge in [0.05, 0.1) is 12.7 Å². The first-order valence-electron chi connectivity index (χ1n) is 9.98. The maximum atomic E-state index is 11.9. The van der Waals surface area contributed by atoms with E-state index in [1.54, 1.807) is 13.1 Å². The van der Waals surface area contributed by atoms with Crippen molar-refractivity contribution in [2.45, 2.75) is 20.3 Å². The van der Waals surface area contributed by atoms with Crippen LogP contribution in [0, 0.1) is 6.92 Å². The van der Waals surface area contributed by atoms with E-state index in [0.717, 1.165) is 16.8 Å². The first-order valence-corrected chi connectivity index (χ1v) is 9.98. The first kappa shape index (κ1) is 23.6. The van der Waals surface area contributed by atoms with Crippen LogP contribution >= 0.6 is 0 Å². The van der Waals surface area contributed by atoms with E-state index in [2.05, 4.69) is 34.2 Å². The molecule has 162 valence electrons. The normalized spacial score (nSPS) is 12.2. The maximum Gasteiger partial charge on any atom is 0.313 e. The number of carbonyl (C=O) groups is 1. The monoisotopic (exact) mass is 420 g/mol. The summed E-state index contributed by atoms with van der Waals surface area (Å²) in [5.74, 6) is -0.334. The number of aryl methyl sites for hydroxylation is 1. The van der Waals surface area contributed by atoms with E-state index in [0.29, 0.717) is 0 Å². The highest BCUT2D eigenvalue weighted by atomic mass is 16.5. The van der Waals surface area contributed by atoms with Crippen molar-refractivity contribution >= 4 is 23.9 Å². The molecule has 1 heterocycles. The number of aliphatic imine (C=N–C) groups is 1. The van der Waals surface area contributed by atoms with Gasteiger partial charge in [0.2, 0.25) is 11.2 Å². The van der Waals surface area contributed by atoms with Gasteiger partial charge in [-0.05, 0) is 43.2 Å². The Hall–Kier alpha value is -3.67. The molecule has 0 atom stereocenters. The number of nitrogens with zero attached hydrogens (tertiary/aromatic N) is 2. The number of hydrogen-bond acceptors (Lipinski definition) is 6. The van der Waals surface area contributed by atoms with E-state index in [1.807, 2.05) is 51.4 Å². The van der Waals surface area contributed by atoms with Gasteiger partial charge >= 0.3 is 5.97 Å². The topological polar surface area (TPSA) is 72.1 Å². The molecule has 1 aromatic carbocycles. The molecule has 0 fully saturated rings. The number of ether oxygens (including phenoxy) is 1. The molecule has 0 saturated carbocycles. The number of benzene rings is 1. The lowest BCUT2D eigenvalue weighted by atomic mass is 10.1. The molecule has 6 nitrogen and oxygen atoms in total. The molecule has 0 saturated heterocycles. The number of anilines is 1. The Kier molecular flexibility index (Phi) is 9.23. The second kappa shape index (κ2) is 12.1. The Bertz CT molecular complexity index is 1040. The number of esters is 1. The SMILES string of the molecule is C\C=C/C(/C=C/c1ccc(N(C)C)cc1)=C\C=NCCC(=O)Oc1c(C)occc1=O. The third-order valence-corrected chi connectivity index (χ3v) is 4.28. The Morgan fingerprint density at radius 1 is 1.16 bits per heavy atom. The molecule has 31 heavy (non-hydrogen) atoms. The lowest BCUT2D eigenvalue weighted by Crippen LogP contribution is -2.15. The summed E-state index contributed by atoms with van der Waals surface area (Å²) >= 11 is 0. The van der Waals surface area contributed by atoms with Crippen LogP contribution in [0.3, 0.4) is 0 Å². The summed E-state index contributed by atoms with van der Waals surface area (Å²) in [5.41, 5.74) is 2.84. The minimum Gasteiger partial charge on any atom is -0.465 e. The molecule has 6 heteroatoms. The second-order valence-corrected chi connectivity index (χ2v) is 6.94. The van der Waals surface area contributed by atoms with Gasteiger partial charge in [-0.1, -0.05) is 36.4 Å². The fourth-order valence-electron chi connectivity index (χ4n) is 2.59. The largest absolute Gasteiger partial charge is 0.465 e. The number of allylic oxidation sites excluding steroid dienone is 5. The summed E-state index contributed by atoms with van der Waals surface area (Å²) in [6.07, 6.45) is 12.8. The van der Waals surface area contributed by atoms with Gasteiger partial charge in [-0.3, -0.25) is 14.6 Å². The average molecular weight is 421 g/mol. The minimum atomic E-state index is -0.530. The Morgan fingerprint density at radius 3 is 2.55 bits per heavy atom. The van der Waals surface area contributed by atoms with Gasteiger partial charge in [0.1, 0.15) is 5.76 Å². The van der Waals surface area contributed by atoms with Gasteiger partial charge < -0.3 is 14.1 Å². The molecule has 1 aromatic heterocycles. The highest BCUT2D eigenvalue weighted by Crippen LogP contribution is 2.14. The molecule has 0 aliphatic carbocycles. The van der Waals surface area contributed by atoms with Gasteiger partial charge in [0.25, 0.3) is 0 Å². The zero-order valence-electron chi connectivity index (χ0n) is 18.4. The molecule has 0 aliphatic rings. The lowest BCUT2D eigenvalue weighted by molar-refractivity contribution is -0.134. The van der Waals surface area contributed by atoms with Gasteiger partial charge in [-0.15, -0.1) is 0 Å². The molecule has 0 N–H and O–H groups in total. The molecular formula is C25H28N2O4. The smallest absolute Gasteiger partial charge is 0.313 e. The van der Waals surface area contributed by atoms with Crippen LogP contribution < -0.4 is 15.1 Å². The third kappa shape index (κ3) is 7.93. The molecule has 2 aromatic rings. The quantitative estimate of drug-likeness (QED) is 0.337. The van der Waals surface area contributed by atoms with E-state index in [-0.39, 0.29) is 29.9 Å². The third-order valence-electron chi connectivity index (χ3n) is 4.28. The molecular weight excluding hydrogens is 392 g/mol. The van der Waals surface area contributed by atoms with Crippen LogP contribution in [0.1, 0.15) is 24.7 Å². The Morgan fingerprint density at radius 2 is 1.90 bits per heavy atom. The van der Waals surface area contributed by atoms with Crippen LogP contribution in [-0.4, -0.2) is 32.8 Å². The summed E-state index contributed by atoms with van der Waals surface area (Å²) in [7, 11) is 4.02. The second-order valence-electron chi connectivity index (χ2n) is 6.94. The zero-order chi connectivity index (χ0) is 22.6. The maximum absolute atomic E-state index is 11.9.